The number of thiophene rings is 1. The van der Waals surface area contributed by atoms with Crippen molar-refractivity contribution >= 4 is 44.8 Å². The highest BCUT2D eigenvalue weighted by molar-refractivity contribution is 9.09. The highest BCUT2D eigenvalue weighted by Crippen LogP contribution is 2.26. The minimum Gasteiger partial charge on any atom is -0.349 e. The Balaban J connectivity index is 2.50. The minimum absolute atomic E-state index is 0.0408. The predicted octanol–water partition coefficient (Wildman–Crippen LogP) is 3.36. The van der Waals surface area contributed by atoms with Crippen LogP contribution in [0.25, 0.3) is 0 Å². The Kier molecular flexibility index (Phi) is 4.92. The molecule has 0 aliphatic rings. The highest BCUT2D eigenvalue weighted by Gasteiger charge is 2.10. The van der Waals surface area contributed by atoms with Gasteiger partial charge < -0.3 is 5.32 Å². The molecule has 0 radical (unpaired) electrons. The maximum Gasteiger partial charge on any atom is 0.221 e. The summed E-state index contributed by atoms with van der Waals surface area (Å²) in [5.74, 6) is 0.0545. The molecule has 0 saturated carbocycles. The second-order valence-electron chi connectivity index (χ2n) is 2.87. The van der Waals surface area contributed by atoms with E-state index in [1.807, 2.05) is 19.1 Å². The molecule has 1 aromatic heterocycles. The zero-order chi connectivity index (χ0) is 10.6. The van der Waals surface area contributed by atoms with Crippen molar-refractivity contribution in [1.82, 2.24) is 5.32 Å². The predicted molar refractivity (Wildman–Crippen MR) is 64.3 cm³/mol. The molecule has 1 N–H and O–H groups in total. The number of hydrogen-bond donors (Lipinski definition) is 1. The van der Waals surface area contributed by atoms with Crippen LogP contribution in [0, 0.1) is 0 Å². The zero-order valence-corrected chi connectivity index (χ0v) is 10.9. The highest BCUT2D eigenvalue weighted by atomic mass is 79.9. The van der Waals surface area contributed by atoms with Gasteiger partial charge in [-0.3, -0.25) is 4.79 Å². The van der Waals surface area contributed by atoms with Gasteiger partial charge >= 0.3 is 0 Å². The summed E-state index contributed by atoms with van der Waals surface area (Å²) in [4.78, 5) is 12.3. The first-order valence-electron chi connectivity index (χ1n) is 4.24. The Bertz CT molecular complexity index is 316. The molecular formula is C9H11BrClNOS. The maximum atomic E-state index is 11.3. The van der Waals surface area contributed by atoms with Crippen LogP contribution >= 0.6 is 38.9 Å². The summed E-state index contributed by atoms with van der Waals surface area (Å²) in [6.45, 7) is 1.95. The molecule has 0 aliphatic heterocycles. The van der Waals surface area contributed by atoms with Gasteiger partial charge in [0.2, 0.25) is 5.91 Å². The second kappa shape index (κ2) is 5.73. The Hall–Kier alpha value is -0.0600. The van der Waals surface area contributed by atoms with Crippen molar-refractivity contribution in [1.29, 1.82) is 0 Å². The minimum atomic E-state index is 0.0408. The van der Waals surface area contributed by atoms with Gasteiger partial charge in [-0.2, -0.15) is 0 Å². The molecule has 0 aliphatic carbocycles. The molecule has 0 spiro atoms. The third-order valence-corrected chi connectivity index (χ3v) is 3.53. The molecule has 14 heavy (non-hydrogen) atoms. The lowest BCUT2D eigenvalue weighted by atomic mass is 10.2. The van der Waals surface area contributed by atoms with Gasteiger partial charge in [0.1, 0.15) is 0 Å². The fourth-order valence-corrected chi connectivity index (χ4v) is 2.46. The summed E-state index contributed by atoms with van der Waals surface area (Å²) < 4.78 is 0.751. The van der Waals surface area contributed by atoms with Crippen LogP contribution in [0.15, 0.2) is 12.1 Å². The first-order chi connectivity index (χ1) is 6.63. The standard InChI is InChI=1S/C9H11BrClNOS/c1-6(12-9(13)4-5-10)7-2-3-8(11)14-7/h2-3,6H,4-5H2,1H3,(H,12,13). The first kappa shape index (κ1) is 12.0. The summed E-state index contributed by atoms with van der Waals surface area (Å²) in [6, 6.07) is 3.82. The summed E-state index contributed by atoms with van der Waals surface area (Å²) in [5.41, 5.74) is 0. The van der Waals surface area contributed by atoms with Crippen LogP contribution in [-0.4, -0.2) is 11.2 Å². The molecule has 1 aromatic rings. The topological polar surface area (TPSA) is 29.1 Å². The molecule has 1 heterocycles. The SMILES string of the molecule is CC(NC(=O)CCBr)c1ccc(Cl)s1. The molecule has 1 atom stereocenters. The van der Waals surface area contributed by atoms with Crippen LogP contribution in [0.3, 0.4) is 0 Å². The van der Waals surface area contributed by atoms with E-state index in [1.165, 1.54) is 11.3 Å². The third kappa shape index (κ3) is 3.59. The van der Waals surface area contributed by atoms with Gasteiger partial charge in [-0.15, -0.1) is 11.3 Å². The fourth-order valence-electron chi connectivity index (χ4n) is 1.03. The van der Waals surface area contributed by atoms with Gasteiger partial charge in [-0.25, -0.2) is 0 Å². The number of amides is 1. The number of halogens is 2. The van der Waals surface area contributed by atoms with Crippen LogP contribution in [-0.2, 0) is 4.79 Å². The van der Waals surface area contributed by atoms with Crippen molar-refractivity contribution in [3.05, 3.63) is 21.3 Å². The van der Waals surface area contributed by atoms with E-state index >= 15 is 0 Å². The van der Waals surface area contributed by atoms with Gasteiger partial charge in [-0.05, 0) is 19.1 Å². The maximum absolute atomic E-state index is 11.3. The summed E-state index contributed by atoms with van der Waals surface area (Å²) >= 11 is 10.5. The number of hydrogen-bond acceptors (Lipinski definition) is 2. The van der Waals surface area contributed by atoms with Crippen molar-refractivity contribution < 1.29 is 4.79 Å². The Morgan fingerprint density at radius 3 is 2.93 bits per heavy atom. The van der Waals surface area contributed by atoms with Gasteiger partial charge in [0, 0.05) is 16.6 Å². The second-order valence-corrected chi connectivity index (χ2v) is 5.41. The fraction of sp³-hybridized carbons (Fsp3) is 0.444. The van der Waals surface area contributed by atoms with E-state index in [4.69, 9.17) is 11.6 Å². The molecule has 0 bridgehead atoms. The number of carbonyl (C=O) groups excluding carboxylic acids is 1. The van der Waals surface area contributed by atoms with Crippen molar-refractivity contribution in [3.63, 3.8) is 0 Å². The summed E-state index contributed by atoms with van der Waals surface area (Å²) in [7, 11) is 0. The molecule has 1 rings (SSSR count). The van der Waals surface area contributed by atoms with E-state index in [1.54, 1.807) is 0 Å². The molecule has 0 aromatic carbocycles. The molecule has 78 valence electrons. The van der Waals surface area contributed by atoms with Crippen LogP contribution in [0.1, 0.15) is 24.3 Å². The molecule has 1 amide bonds. The Morgan fingerprint density at radius 2 is 2.43 bits per heavy atom. The van der Waals surface area contributed by atoms with Crippen LogP contribution in [0.2, 0.25) is 4.34 Å². The smallest absolute Gasteiger partial charge is 0.221 e. The Morgan fingerprint density at radius 1 is 1.71 bits per heavy atom. The lowest BCUT2D eigenvalue weighted by Gasteiger charge is -2.11. The van der Waals surface area contributed by atoms with Gasteiger partial charge in [0.25, 0.3) is 0 Å². The van der Waals surface area contributed by atoms with E-state index in [0.29, 0.717) is 11.8 Å². The summed E-state index contributed by atoms with van der Waals surface area (Å²) in [5, 5.41) is 3.58. The average Bonchev–Trinajstić information content (AvgIpc) is 2.52. The molecule has 2 nitrogen and oxygen atoms in total. The Labute approximate surface area is 101 Å². The average molecular weight is 297 g/mol. The van der Waals surface area contributed by atoms with E-state index in [2.05, 4.69) is 21.2 Å². The van der Waals surface area contributed by atoms with Crippen molar-refractivity contribution in [2.75, 3.05) is 5.33 Å². The van der Waals surface area contributed by atoms with E-state index < -0.39 is 0 Å². The monoisotopic (exact) mass is 295 g/mol. The van der Waals surface area contributed by atoms with Crippen molar-refractivity contribution in [2.24, 2.45) is 0 Å². The van der Waals surface area contributed by atoms with Gasteiger partial charge in [-0.1, -0.05) is 27.5 Å². The van der Waals surface area contributed by atoms with Crippen LogP contribution in [0.4, 0.5) is 0 Å². The molecular weight excluding hydrogens is 286 g/mol. The molecule has 1 unspecified atom stereocenters. The van der Waals surface area contributed by atoms with E-state index in [9.17, 15) is 4.79 Å². The number of alkyl halides is 1. The zero-order valence-electron chi connectivity index (χ0n) is 7.72. The summed E-state index contributed by atoms with van der Waals surface area (Å²) in [6.07, 6.45) is 0.503. The number of rotatable bonds is 4. The molecule has 0 fully saturated rings. The molecule has 5 heteroatoms. The largest absolute Gasteiger partial charge is 0.349 e. The first-order valence-corrected chi connectivity index (χ1v) is 6.55. The number of carbonyl (C=O) groups is 1. The molecule has 0 saturated heterocycles. The van der Waals surface area contributed by atoms with Crippen LogP contribution < -0.4 is 5.32 Å². The van der Waals surface area contributed by atoms with E-state index in [0.717, 1.165) is 9.21 Å². The van der Waals surface area contributed by atoms with Gasteiger partial charge in [0.15, 0.2) is 0 Å². The third-order valence-electron chi connectivity index (χ3n) is 1.72. The quantitative estimate of drug-likeness (QED) is 0.848. The van der Waals surface area contributed by atoms with E-state index in [-0.39, 0.29) is 11.9 Å². The van der Waals surface area contributed by atoms with Crippen molar-refractivity contribution in [3.8, 4) is 0 Å². The lowest BCUT2D eigenvalue weighted by molar-refractivity contribution is -0.121. The number of nitrogens with one attached hydrogen (secondary N) is 1. The normalized spacial score (nSPS) is 12.5. The van der Waals surface area contributed by atoms with Crippen LogP contribution in [0.5, 0.6) is 0 Å². The van der Waals surface area contributed by atoms with Gasteiger partial charge in [0.05, 0.1) is 10.4 Å². The van der Waals surface area contributed by atoms with Crippen molar-refractivity contribution in [2.45, 2.75) is 19.4 Å². The lowest BCUT2D eigenvalue weighted by Crippen LogP contribution is -2.25.